The van der Waals surface area contributed by atoms with Crippen molar-refractivity contribution in [2.45, 2.75) is 19.1 Å². The number of primary amides is 1. The van der Waals surface area contributed by atoms with Crippen LogP contribution < -0.4 is 11.1 Å². The van der Waals surface area contributed by atoms with Crippen LogP contribution in [-0.4, -0.2) is 16.9 Å². The number of para-hydroxylation sites is 1. The summed E-state index contributed by atoms with van der Waals surface area (Å²) >= 11 is 5.83. The Morgan fingerprint density at radius 1 is 1.19 bits per heavy atom. The van der Waals surface area contributed by atoms with Gasteiger partial charge in [0.15, 0.2) is 0 Å². The van der Waals surface area contributed by atoms with Gasteiger partial charge >= 0.3 is 12.0 Å². The molecule has 0 radical (unpaired) electrons. The Balaban J connectivity index is 2.04. The lowest BCUT2D eigenvalue weighted by Gasteiger charge is -2.17. The van der Waals surface area contributed by atoms with Crippen LogP contribution in [0, 0.1) is 10.1 Å². The summed E-state index contributed by atoms with van der Waals surface area (Å²) in [7, 11) is 0. The number of amides is 2. The Morgan fingerprint density at radius 2 is 1.85 bits per heavy atom. The van der Waals surface area contributed by atoms with E-state index in [1.54, 1.807) is 30.3 Å². The van der Waals surface area contributed by atoms with E-state index in [4.69, 9.17) is 22.1 Å². The van der Waals surface area contributed by atoms with Crippen molar-refractivity contribution in [2.24, 2.45) is 5.73 Å². The largest absolute Gasteiger partial charge is 0.460 e. The van der Waals surface area contributed by atoms with Crippen LogP contribution in [0.15, 0.2) is 48.5 Å². The van der Waals surface area contributed by atoms with Gasteiger partial charge in [-0.1, -0.05) is 35.9 Å². The Bertz CT molecular complexity index is 810. The van der Waals surface area contributed by atoms with Crippen molar-refractivity contribution in [2.75, 3.05) is 0 Å². The topological polar surface area (TPSA) is 125 Å². The minimum Gasteiger partial charge on any atom is -0.460 e. The maximum atomic E-state index is 12.1. The summed E-state index contributed by atoms with van der Waals surface area (Å²) in [6, 6.07) is 11.0. The fraction of sp³-hybridized carbons (Fsp3) is 0.176. The number of esters is 1. The number of nitrogens with two attached hydrogens (primary N) is 1. The zero-order valence-corrected chi connectivity index (χ0v) is 14.3. The molecule has 1 atom stereocenters. The summed E-state index contributed by atoms with van der Waals surface area (Å²) in [5.41, 5.74) is 5.91. The van der Waals surface area contributed by atoms with Crippen molar-refractivity contribution in [1.82, 2.24) is 5.32 Å². The lowest BCUT2D eigenvalue weighted by molar-refractivity contribution is -0.385. The number of hydrogen-bond donors (Lipinski definition) is 2. The van der Waals surface area contributed by atoms with Gasteiger partial charge in [0.25, 0.3) is 5.69 Å². The minimum absolute atomic E-state index is 0.134. The molecule has 136 valence electrons. The van der Waals surface area contributed by atoms with E-state index in [0.717, 1.165) is 0 Å². The van der Waals surface area contributed by atoms with E-state index in [9.17, 15) is 19.7 Å². The number of hydrogen-bond acceptors (Lipinski definition) is 5. The van der Waals surface area contributed by atoms with Gasteiger partial charge in [0, 0.05) is 11.1 Å². The second-order valence-corrected chi connectivity index (χ2v) is 5.80. The molecule has 8 nitrogen and oxygen atoms in total. The highest BCUT2D eigenvalue weighted by molar-refractivity contribution is 6.30. The molecule has 0 unspecified atom stereocenters. The molecule has 2 aromatic carbocycles. The maximum absolute atomic E-state index is 12.1. The van der Waals surface area contributed by atoms with Crippen molar-refractivity contribution >= 4 is 29.3 Å². The normalized spacial score (nSPS) is 11.4. The van der Waals surface area contributed by atoms with Crippen molar-refractivity contribution in [3.05, 3.63) is 74.8 Å². The van der Waals surface area contributed by atoms with Gasteiger partial charge in [-0.15, -0.1) is 0 Å². The van der Waals surface area contributed by atoms with E-state index < -0.39 is 23.0 Å². The number of carbonyl (C=O) groups is 2. The van der Waals surface area contributed by atoms with Gasteiger partial charge < -0.3 is 15.8 Å². The Hall–Kier alpha value is -3.13. The molecule has 0 aliphatic carbocycles. The molecule has 26 heavy (non-hydrogen) atoms. The predicted molar refractivity (Wildman–Crippen MR) is 94.4 cm³/mol. The number of carbonyl (C=O) groups excluding carboxylic acids is 2. The molecule has 0 aromatic heterocycles. The molecule has 2 amide bonds. The van der Waals surface area contributed by atoms with Crippen LogP contribution >= 0.6 is 11.6 Å². The van der Waals surface area contributed by atoms with E-state index in [-0.39, 0.29) is 24.3 Å². The summed E-state index contributed by atoms with van der Waals surface area (Å²) < 4.78 is 5.11. The zero-order chi connectivity index (χ0) is 19.1. The smallest absolute Gasteiger partial charge is 0.312 e. The average molecular weight is 378 g/mol. The van der Waals surface area contributed by atoms with Gasteiger partial charge in [0.1, 0.15) is 6.61 Å². The third kappa shape index (κ3) is 5.45. The zero-order valence-electron chi connectivity index (χ0n) is 13.6. The van der Waals surface area contributed by atoms with Crippen LogP contribution in [0.1, 0.15) is 23.6 Å². The monoisotopic (exact) mass is 377 g/mol. The number of nitrogens with zero attached hydrogens (tertiary/aromatic N) is 1. The molecule has 0 spiro atoms. The van der Waals surface area contributed by atoms with E-state index in [1.807, 2.05) is 0 Å². The van der Waals surface area contributed by atoms with Crippen LogP contribution in [0.25, 0.3) is 0 Å². The summed E-state index contributed by atoms with van der Waals surface area (Å²) in [4.78, 5) is 33.7. The number of urea groups is 1. The fourth-order valence-electron chi connectivity index (χ4n) is 2.31. The van der Waals surface area contributed by atoms with Crippen LogP contribution in [0.5, 0.6) is 0 Å². The Morgan fingerprint density at radius 3 is 2.46 bits per heavy atom. The quantitative estimate of drug-likeness (QED) is 0.435. The number of halogens is 1. The number of nitrogens with one attached hydrogen (secondary N) is 1. The summed E-state index contributed by atoms with van der Waals surface area (Å²) in [6.07, 6.45) is -0.189. The lowest BCUT2D eigenvalue weighted by Crippen LogP contribution is -2.34. The van der Waals surface area contributed by atoms with Gasteiger partial charge in [0.05, 0.1) is 22.9 Å². The first-order chi connectivity index (χ1) is 12.4. The van der Waals surface area contributed by atoms with E-state index in [1.165, 1.54) is 18.2 Å². The summed E-state index contributed by atoms with van der Waals surface area (Å²) in [5, 5.41) is 13.9. The molecule has 0 bridgehead atoms. The van der Waals surface area contributed by atoms with Gasteiger partial charge in [0.2, 0.25) is 0 Å². The van der Waals surface area contributed by atoms with Gasteiger partial charge in [-0.3, -0.25) is 14.9 Å². The molecule has 0 aliphatic heterocycles. The molecule has 9 heteroatoms. The predicted octanol–water partition coefficient (Wildman–Crippen LogP) is 3.09. The maximum Gasteiger partial charge on any atom is 0.312 e. The van der Waals surface area contributed by atoms with Gasteiger partial charge in [-0.2, -0.15) is 0 Å². The van der Waals surface area contributed by atoms with Crippen LogP contribution in [0.4, 0.5) is 10.5 Å². The Labute approximate surface area is 154 Å². The third-order valence-electron chi connectivity index (χ3n) is 3.54. The standard InChI is InChI=1S/C17H16ClN3O5/c18-13-7-5-11(6-8-13)14(20-17(19)23)9-16(22)26-10-12-3-1-2-4-15(12)21(24)25/h1-8,14H,9-10H2,(H3,19,20,23)/t14-/m1/s1. The molecular weight excluding hydrogens is 362 g/mol. The molecule has 0 saturated carbocycles. The molecule has 2 aromatic rings. The first-order valence-corrected chi connectivity index (χ1v) is 7.94. The molecule has 0 fully saturated rings. The highest BCUT2D eigenvalue weighted by atomic mass is 35.5. The van der Waals surface area contributed by atoms with E-state index in [0.29, 0.717) is 10.6 Å². The SMILES string of the molecule is NC(=O)N[C@H](CC(=O)OCc1ccccc1[N+](=O)[O-])c1ccc(Cl)cc1. The van der Waals surface area contributed by atoms with Crippen molar-refractivity contribution in [3.63, 3.8) is 0 Å². The van der Waals surface area contributed by atoms with Crippen molar-refractivity contribution in [3.8, 4) is 0 Å². The highest BCUT2D eigenvalue weighted by Crippen LogP contribution is 2.22. The molecule has 0 aliphatic rings. The van der Waals surface area contributed by atoms with Gasteiger partial charge in [-0.25, -0.2) is 4.79 Å². The number of rotatable bonds is 7. The first kappa shape index (κ1) is 19.2. The third-order valence-corrected chi connectivity index (χ3v) is 3.79. The van der Waals surface area contributed by atoms with Crippen LogP contribution in [0.3, 0.4) is 0 Å². The summed E-state index contributed by atoms with van der Waals surface area (Å²) in [5.74, 6) is -0.642. The fourth-order valence-corrected chi connectivity index (χ4v) is 2.44. The molecule has 0 saturated heterocycles. The molecule has 0 heterocycles. The Kier molecular flexibility index (Phi) is 6.51. The average Bonchev–Trinajstić information content (AvgIpc) is 2.60. The molecule has 3 N–H and O–H groups in total. The van der Waals surface area contributed by atoms with Crippen LogP contribution in [0.2, 0.25) is 5.02 Å². The van der Waals surface area contributed by atoms with E-state index in [2.05, 4.69) is 5.32 Å². The van der Waals surface area contributed by atoms with Crippen molar-refractivity contribution in [1.29, 1.82) is 0 Å². The summed E-state index contributed by atoms with van der Waals surface area (Å²) in [6.45, 7) is -0.250. The number of benzene rings is 2. The van der Waals surface area contributed by atoms with Crippen molar-refractivity contribution < 1.29 is 19.2 Å². The first-order valence-electron chi connectivity index (χ1n) is 7.56. The highest BCUT2D eigenvalue weighted by Gasteiger charge is 2.20. The molecule has 2 rings (SSSR count). The lowest BCUT2D eigenvalue weighted by atomic mass is 10.0. The minimum atomic E-state index is -0.795. The number of nitro benzene ring substituents is 1. The second kappa shape index (κ2) is 8.82. The number of nitro groups is 1. The second-order valence-electron chi connectivity index (χ2n) is 5.36. The molecular formula is C17H16ClN3O5. The number of ether oxygens (including phenoxy) is 1. The van der Waals surface area contributed by atoms with Crippen LogP contribution in [-0.2, 0) is 16.1 Å². The van der Waals surface area contributed by atoms with E-state index >= 15 is 0 Å². The van der Waals surface area contributed by atoms with Gasteiger partial charge in [-0.05, 0) is 23.8 Å².